The standard InChI is InChI=1S/C25H29N5O5/c1-28(20-9-13-34-14-10-20)12-15-35-23-7-2-4-19(16-23)18-26-25(31)24-8-11-29(27-24)21-5-3-6-22(17-21)30(32)33/h2-8,11,16-17,20H,9-10,12-15,18H2,1H3,(H,26,31). The number of nitro benzene ring substituents is 1. The molecule has 1 fully saturated rings. The van der Waals surface area contributed by atoms with Crippen molar-refractivity contribution in [3.05, 3.63) is 82.2 Å². The molecule has 0 bridgehead atoms. The minimum atomic E-state index is -0.469. The van der Waals surface area contributed by atoms with Crippen LogP contribution >= 0.6 is 0 Å². The lowest BCUT2D eigenvalue weighted by atomic mass is 10.1. The molecule has 1 amide bonds. The summed E-state index contributed by atoms with van der Waals surface area (Å²) in [5.74, 6) is 0.422. The maximum Gasteiger partial charge on any atom is 0.272 e. The average molecular weight is 480 g/mol. The van der Waals surface area contributed by atoms with Gasteiger partial charge in [0.25, 0.3) is 11.6 Å². The summed E-state index contributed by atoms with van der Waals surface area (Å²) in [6.45, 7) is 3.37. The number of aromatic nitrogens is 2. The molecule has 1 aliphatic heterocycles. The Kier molecular flexibility index (Phi) is 8.07. The molecule has 3 aromatic rings. The first kappa shape index (κ1) is 24.4. The van der Waals surface area contributed by atoms with Crippen molar-refractivity contribution in [1.82, 2.24) is 20.0 Å². The third-order valence-corrected chi connectivity index (χ3v) is 6.01. The van der Waals surface area contributed by atoms with E-state index in [4.69, 9.17) is 9.47 Å². The van der Waals surface area contributed by atoms with Crippen LogP contribution in [0.25, 0.3) is 5.69 Å². The minimum absolute atomic E-state index is 0.0404. The Labute approximate surface area is 203 Å². The van der Waals surface area contributed by atoms with Crippen LogP contribution in [0.1, 0.15) is 28.9 Å². The van der Waals surface area contributed by atoms with Crippen molar-refractivity contribution in [3.63, 3.8) is 0 Å². The fourth-order valence-electron chi connectivity index (χ4n) is 3.97. The van der Waals surface area contributed by atoms with Crippen LogP contribution in [0, 0.1) is 10.1 Å². The first-order chi connectivity index (χ1) is 17.0. The van der Waals surface area contributed by atoms with Crippen LogP contribution in [0.4, 0.5) is 5.69 Å². The molecule has 10 heteroatoms. The molecule has 0 radical (unpaired) electrons. The molecule has 0 atom stereocenters. The third kappa shape index (κ3) is 6.65. The number of ether oxygens (including phenoxy) is 2. The number of nitro groups is 1. The van der Waals surface area contributed by atoms with Gasteiger partial charge in [0.1, 0.15) is 12.4 Å². The zero-order chi connectivity index (χ0) is 24.6. The second kappa shape index (κ2) is 11.6. The van der Waals surface area contributed by atoms with Gasteiger partial charge in [-0.3, -0.25) is 19.8 Å². The summed E-state index contributed by atoms with van der Waals surface area (Å²) >= 11 is 0. The molecule has 2 aromatic carbocycles. The van der Waals surface area contributed by atoms with Gasteiger partial charge < -0.3 is 14.8 Å². The van der Waals surface area contributed by atoms with E-state index in [1.54, 1.807) is 24.4 Å². The van der Waals surface area contributed by atoms with Crippen molar-refractivity contribution < 1.29 is 19.2 Å². The third-order valence-electron chi connectivity index (χ3n) is 6.01. The Balaban J connectivity index is 1.27. The topological polar surface area (TPSA) is 112 Å². The molecule has 1 aliphatic rings. The van der Waals surface area contributed by atoms with Crippen molar-refractivity contribution >= 4 is 11.6 Å². The SMILES string of the molecule is CN(CCOc1cccc(CNC(=O)c2ccn(-c3cccc([N+](=O)[O-])c3)n2)c1)C1CCOCC1. The van der Waals surface area contributed by atoms with Crippen LogP contribution in [0.3, 0.4) is 0 Å². The van der Waals surface area contributed by atoms with Crippen LogP contribution < -0.4 is 10.1 Å². The van der Waals surface area contributed by atoms with E-state index >= 15 is 0 Å². The Morgan fingerprint density at radius 1 is 1.23 bits per heavy atom. The van der Waals surface area contributed by atoms with Gasteiger partial charge in [0.2, 0.25) is 0 Å². The molecule has 1 aromatic heterocycles. The number of rotatable bonds is 10. The smallest absolute Gasteiger partial charge is 0.272 e. The highest BCUT2D eigenvalue weighted by Crippen LogP contribution is 2.17. The monoisotopic (exact) mass is 479 g/mol. The van der Waals surface area contributed by atoms with Crippen molar-refractivity contribution in [2.75, 3.05) is 33.4 Å². The van der Waals surface area contributed by atoms with Crippen LogP contribution in [-0.2, 0) is 11.3 Å². The predicted molar refractivity (Wildman–Crippen MR) is 130 cm³/mol. The summed E-state index contributed by atoms with van der Waals surface area (Å²) in [7, 11) is 2.12. The number of hydrogen-bond acceptors (Lipinski definition) is 7. The number of likely N-dealkylation sites (N-methyl/N-ethyl adjacent to an activating group) is 1. The van der Waals surface area contributed by atoms with E-state index in [9.17, 15) is 14.9 Å². The molecule has 1 N–H and O–H groups in total. The van der Waals surface area contributed by atoms with Crippen LogP contribution in [0.2, 0.25) is 0 Å². The van der Waals surface area contributed by atoms with Crippen LogP contribution in [0.5, 0.6) is 5.75 Å². The fourth-order valence-corrected chi connectivity index (χ4v) is 3.97. The molecule has 10 nitrogen and oxygen atoms in total. The van der Waals surface area contributed by atoms with Crippen molar-refractivity contribution in [2.45, 2.75) is 25.4 Å². The largest absolute Gasteiger partial charge is 0.492 e. The quantitative estimate of drug-likeness (QED) is 0.351. The highest BCUT2D eigenvalue weighted by molar-refractivity contribution is 5.92. The molecule has 0 unspecified atom stereocenters. The Morgan fingerprint density at radius 2 is 2.03 bits per heavy atom. The molecule has 0 aliphatic carbocycles. The van der Waals surface area contributed by atoms with Gasteiger partial charge in [-0.15, -0.1) is 0 Å². The van der Waals surface area contributed by atoms with Gasteiger partial charge in [0.05, 0.1) is 10.6 Å². The molecule has 35 heavy (non-hydrogen) atoms. The predicted octanol–water partition coefficient (Wildman–Crippen LogP) is 3.20. The number of hydrogen-bond donors (Lipinski definition) is 1. The summed E-state index contributed by atoms with van der Waals surface area (Å²) in [6.07, 6.45) is 3.70. The van der Waals surface area contributed by atoms with Crippen LogP contribution in [-0.4, -0.2) is 65.0 Å². The van der Waals surface area contributed by atoms with Crippen molar-refractivity contribution in [2.24, 2.45) is 0 Å². The van der Waals surface area contributed by atoms with Gasteiger partial charge in [0, 0.05) is 50.7 Å². The molecule has 0 saturated carbocycles. The summed E-state index contributed by atoms with van der Waals surface area (Å²) in [4.78, 5) is 25.4. The highest BCUT2D eigenvalue weighted by Gasteiger charge is 2.18. The second-order valence-electron chi connectivity index (χ2n) is 8.43. The highest BCUT2D eigenvalue weighted by atomic mass is 16.6. The van der Waals surface area contributed by atoms with E-state index in [1.165, 1.54) is 16.8 Å². The lowest BCUT2D eigenvalue weighted by Gasteiger charge is -2.31. The first-order valence-corrected chi connectivity index (χ1v) is 11.6. The van der Waals surface area contributed by atoms with E-state index in [1.807, 2.05) is 24.3 Å². The minimum Gasteiger partial charge on any atom is -0.492 e. The number of non-ortho nitro benzene ring substituents is 1. The van der Waals surface area contributed by atoms with E-state index in [0.29, 0.717) is 24.9 Å². The normalized spacial score (nSPS) is 14.1. The van der Waals surface area contributed by atoms with E-state index < -0.39 is 4.92 Å². The molecule has 4 rings (SSSR count). The molecule has 184 valence electrons. The average Bonchev–Trinajstić information content (AvgIpc) is 3.39. The van der Waals surface area contributed by atoms with Gasteiger partial charge in [-0.25, -0.2) is 4.68 Å². The zero-order valence-corrected chi connectivity index (χ0v) is 19.6. The molecule has 1 saturated heterocycles. The van der Waals surface area contributed by atoms with Crippen LogP contribution in [0.15, 0.2) is 60.8 Å². The number of amides is 1. The van der Waals surface area contributed by atoms with Gasteiger partial charge >= 0.3 is 0 Å². The second-order valence-corrected chi connectivity index (χ2v) is 8.43. The molecular formula is C25H29N5O5. The maximum atomic E-state index is 12.6. The van der Waals surface area contributed by atoms with Gasteiger partial charge in [-0.2, -0.15) is 5.10 Å². The van der Waals surface area contributed by atoms with Crippen molar-refractivity contribution in [1.29, 1.82) is 0 Å². The first-order valence-electron chi connectivity index (χ1n) is 11.6. The van der Waals surface area contributed by atoms with E-state index in [-0.39, 0.29) is 17.3 Å². The van der Waals surface area contributed by atoms with Gasteiger partial charge in [-0.05, 0) is 49.7 Å². The summed E-state index contributed by atoms with van der Waals surface area (Å²) in [6, 6.07) is 15.8. The number of nitrogens with zero attached hydrogens (tertiary/aromatic N) is 4. The lowest BCUT2D eigenvalue weighted by Crippen LogP contribution is -2.38. The van der Waals surface area contributed by atoms with E-state index in [0.717, 1.165) is 43.9 Å². The van der Waals surface area contributed by atoms with Gasteiger partial charge in [-0.1, -0.05) is 18.2 Å². The fraction of sp³-hybridized carbons (Fsp3) is 0.360. The van der Waals surface area contributed by atoms with Crippen molar-refractivity contribution in [3.8, 4) is 11.4 Å². The lowest BCUT2D eigenvalue weighted by molar-refractivity contribution is -0.384. The number of carbonyl (C=O) groups is 1. The maximum absolute atomic E-state index is 12.6. The van der Waals surface area contributed by atoms with Gasteiger partial charge in [0.15, 0.2) is 5.69 Å². The Morgan fingerprint density at radius 3 is 2.83 bits per heavy atom. The Hall–Kier alpha value is -3.76. The summed E-state index contributed by atoms with van der Waals surface area (Å²) in [5, 5.41) is 18.1. The van der Waals surface area contributed by atoms with E-state index in [2.05, 4.69) is 22.4 Å². The molecule has 2 heterocycles. The molecular weight excluding hydrogens is 450 g/mol. The Bertz CT molecular complexity index is 1160. The zero-order valence-electron chi connectivity index (χ0n) is 19.6. The number of benzene rings is 2. The summed E-state index contributed by atoms with van der Waals surface area (Å²) < 4.78 is 12.8. The molecule has 0 spiro atoms. The summed E-state index contributed by atoms with van der Waals surface area (Å²) in [5.41, 5.74) is 1.60. The number of carbonyl (C=O) groups excluding carboxylic acids is 1. The number of nitrogens with one attached hydrogen (secondary N) is 1.